The minimum absolute atomic E-state index is 0.00866. The van der Waals surface area contributed by atoms with Crippen molar-refractivity contribution in [1.29, 1.82) is 0 Å². The molecular weight excluding hydrogens is 240 g/mol. The molecule has 0 aromatic heterocycles. The molecule has 0 aliphatic carbocycles. The summed E-state index contributed by atoms with van der Waals surface area (Å²) >= 11 is 0. The number of hydrogen-bond acceptors (Lipinski definition) is 4. The van der Waals surface area contributed by atoms with Gasteiger partial charge in [-0.2, -0.15) is 0 Å². The fraction of sp³-hybridized carbons (Fsp3) is 0.933. The van der Waals surface area contributed by atoms with Crippen LogP contribution in [0.1, 0.15) is 46.0 Å². The monoisotopic (exact) mass is 268 g/mol. The van der Waals surface area contributed by atoms with Crippen molar-refractivity contribution in [2.75, 3.05) is 26.7 Å². The lowest BCUT2D eigenvalue weighted by Gasteiger charge is -2.44. The van der Waals surface area contributed by atoms with E-state index < -0.39 is 0 Å². The number of ether oxygens (including phenoxy) is 1. The van der Waals surface area contributed by atoms with Crippen LogP contribution in [0.15, 0.2) is 0 Å². The Labute approximate surface area is 117 Å². The highest BCUT2D eigenvalue weighted by Crippen LogP contribution is 2.26. The zero-order valence-electron chi connectivity index (χ0n) is 12.6. The topological polar surface area (TPSA) is 32.8 Å². The zero-order valence-corrected chi connectivity index (χ0v) is 12.6. The Kier molecular flexibility index (Phi) is 5.22. The van der Waals surface area contributed by atoms with Crippen molar-refractivity contribution in [3.05, 3.63) is 0 Å². The van der Waals surface area contributed by atoms with Crippen LogP contribution in [0.4, 0.5) is 0 Å². The summed E-state index contributed by atoms with van der Waals surface area (Å²) in [5, 5.41) is 0. The van der Waals surface area contributed by atoms with Crippen molar-refractivity contribution < 1.29 is 9.53 Å². The summed E-state index contributed by atoms with van der Waals surface area (Å²) in [6, 6.07) is 1.22. The van der Waals surface area contributed by atoms with Crippen LogP contribution in [0.5, 0.6) is 0 Å². The van der Waals surface area contributed by atoms with E-state index in [1.807, 2.05) is 0 Å². The number of esters is 1. The van der Waals surface area contributed by atoms with E-state index in [0.717, 1.165) is 32.5 Å². The average Bonchev–Trinajstić information content (AvgIpc) is 2.46. The Morgan fingerprint density at radius 3 is 2.37 bits per heavy atom. The van der Waals surface area contributed by atoms with E-state index in [2.05, 4.69) is 23.6 Å². The highest BCUT2D eigenvalue weighted by molar-refractivity contribution is 5.75. The number of likely N-dealkylation sites (tertiary alicyclic amines) is 2. The summed E-state index contributed by atoms with van der Waals surface area (Å²) in [4.78, 5) is 16.9. The van der Waals surface area contributed by atoms with Crippen molar-refractivity contribution >= 4 is 5.97 Å². The van der Waals surface area contributed by atoms with Crippen molar-refractivity contribution in [2.45, 2.75) is 64.1 Å². The number of nitrogens with zero attached hydrogens (tertiary/aromatic N) is 2. The number of hydrogen-bond donors (Lipinski definition) is 0. The predicted octanol–water partition coefficient (Wildman–Crippen LogP) is 1.89. The van der Waals surface area contributed by atoms with Gasteiger partial charge in [0.15, 0.2) is 0 Å². The molecule has 19 heavy (non-hydrogen) atoms. The zero-order chi connectivity index (χ0) is 13.8. The quantitative estimate of drug-likeness (QED) is 0.732. The van der Waals surface area contributed by atoms with Gasteiger partial charge in [0.25, 0.3) is 0 Å². The van der Waals surface area contributed by atoms with E-state index in [1.54, 1.807) is 0 Å². The van der Waals surface area contributed by atoms with Gasteiger partial charge in [0.05, 0.1) is 7.11 Å². The lowest BCUT2D eigenvalue weighted by atomic mass is 9.94. The van der Waals surface area contributed by atoms with Crippen molar-refractivity contribution in [3.8, 4) is 0 Å². The Morgan fingerprint density at radius 1 is 1.11 bits per heavy atom. The fourth-order valence-corrected chi connectivity index (χ4v) is 3.51. The summed E-state index contributed by atoms with van der Waals surface area (Å²) in [6.45, 7) is 7.91. The summed E-state index contributed by atoms with van der Waals surface area (Å²) < 4.78 is 4.98. The smallest absolute Gasteiger partial charge is 0.323 e. The predicted molar refractivity (Wildman–Crippen MR) is 76.1 cm³/mol. The first kappa shape index (κ1) is 14.8. The molecule has 4 nitrogen and oxygen atoms in total. The molecule has 0 unspecified atom stereocenters. The molecule has 2 heterocycles. The Balaban J connectivity index is 1.94. The molecule has 110 valence electrons. The van der Waals surface area contributed by atoms with Gasteiger partial charge in [0.2, 0.25) is 0 Å². The first-order valence-electron chi connectivity index (χ1n) is 7.71. The number of rotatable bonds is 3. The second-order valence-corrected chi connectivity index (χ2v) is 6.13. The molecule has 0 aromatic rings. The van der Waals surface area contributed by atoms with Gasteiger partial charge in [-0.3, -0.25) is 9.69 Å². The third kappa shape index (κ3) is 3.48. The van der Waals surface area contributed by atoms with Crippen LogP contribution in [0.2, 0.25) is 0 Å². The van der Waals surface area contributed by atoms with Crippen molar-refractivity contribution in [3.63, 3.8) is 0 Å². The second-order valence-electron chi connectivity index (χ2n) is 6.13. The number of methoxy groups -OCH3 is 1. The van der Waals surface area contributed by atoms with Crippen LogP contribution in [0.25, 0.3) is 0 Å². The van der Waals surface area contributed by atoms with Gasteiger partial charge < -0.3 is 9.64 Å². The van der Waals surface area contributed by atoms with Crippen LogP contribution >= 0.6 is 0 Å². The lowest BCUT2D eigenvalue weighted by Crippen LogP contribution is -2.54. The van der Waals surface area contributed by atoms with Crippen molar-refractivity contribution in [2.24, 2.45) is 0 Å². The molecule has 0 aromatic carbocycles. The summed E-state index contributed by atoms with van der Waals surface area (Å²) in [6.07, 6.45) is 5.72. The van der Waals surface area contributed by atoms with Gasteiger partial charge in [0.1, 0.15) is 6.04 Å². The number of piperidine rings is 2. The highest BCUT2D eigenvalue weighted by atomic mass is 16.5. The van der Waals surface area contributed by atoms with Crippen LogP contribution in [-0.2, 0) is 9.53 Å². The van der Waals surface area contributed by atoms with E-state index in [1.165, 1.54) is 26.4 Å². The minimum atomic E-state index is -0.0361. The maximum Gasteiger partial charge on any atom is 0.323 e. The molecule has 2 saturated heterocycles. The summed E-state index contributed by atoms with van der Waals surface area (Å²) in [5.41, 5.74) is 0. The Hall–Kier alpha value is -0.610. The Bertz CT molecular complexity index is 299. The van der Waals surface area contributed by atoms with Gasteiger partial charge in [0, 0.05) is 12.1 Å². The molecule has 2 fully saturated rings. The number of carbonyl (C=O) groups is 1. The van der Waals surface area contributed by atoms with E-state index in [9.17, 15) is 4.79 Å². The molecule has 2 aliphatic heterocycles. The molecule has 2 aliphatic rings. The highest BCUT2D eigenvalue weighted by Gasteiger charge is 2.35. The summed E-state index contributed by atoms with van der Waals surface area (Å²) in [7, 11) is 1.51. The molecular formula is C15H28N2O2. The van der Waals surface area contributed by atoms with E-state index in [-0.39, 0.29) is 12.0 Å². The van der Waals surface area contributed by atoms with Gasteiger partial charge >= 0.3 is 5.97 Å². The van der Waals surface area contributed by atoms with Crippen LogP contribution in [0.3, 0.4) is 0 Å². The molecule has 1 atom stereocenters. The third-order valence-electron chi connectivity index (χ3n) is 4.72. The molecule has 0 radical (unpaired) electrons. The second kappa shape index (κ2) is 6.71. The van der Waals surface area contributed by atoms with Gasteiger partial charge in [-0.15, -0.1) is 0 Å². The molecule has 4 heteroatoms. The summed E-state index contributed by atoms with van der Waals surface area (Å²) in [5.74, 6) is -0.0361. The maximum absolute atomic E-state index is 11.9. The molecule has 2 rings (SSSR count). The standard InChI is InChI=1S/C15H28N2O2/c1-12(2)16-10-7-13(8-11-16)17-9-5-4-6-14(17)15(18)19-3/h12-14H,4-11H2,1-3H3/t14-/m1/s1. The third-order valence-corrected chi connectivity index (χ3v) is 4.72. The lowest BCUT2D eigenvalue weighted by molar-refractivity contribution is -0.150. The molecule has 0 spiro atoms. The van der Waals surface area contributed by atoms with Crippen molar-refractivity contribution in [1.82, 2.24) is 9.80 Å². The molecule has 0 bridgehead atoms. The first-order chi connectivity index (χ1) is 9.13. The molecule has 0 amide bonds. The Morgan fingerprint density at radius 2 is 1.79 bits per heavy atom. The SMILES string of the molecule is COC(=O)[C@H]1CCCCN1C1CCN(C(C)C)CC1. The van der Waals surface area contributed by atoms with Crippen LogP contribution in [0, 0.1) is 0 Å². The van der Waals surface area contributed by atoms with Gasteiger partial charge in [-0.25, -0.2) is 0 Å². The molecule has 0 N–H and O–H groups in total. The van der Waals surface area contributed by atoms with Crippen LogP contribution < -0.4 is 0 Å². The fourth-order valence-electron chi connectivity index (χ4n) is 3.51. The van der Waals surface area contributed by atoms with E-state index in [4.69, 9.17) is 4.74 Å². The van der Waals surface area contributed by atoms with Gasteiger partial charge in [-0.1, -0.05) is 6.42 Å². The van der Waals surface area contributed by atoms with E-state index in [0.29, 0.717) is 12.1 Å². The van der Waals surface area contributed by atoms with Gasteiger partial charge in [-0.05, 0) is 59.2 Å². The van der Waals surface area contributed by atoms with E-state index >= 15 is 0 Å². The number of carbonyl (C=O) groups excluding carboxylic acids is 1. The maximum atomic E-state index is 11.9. The minimum Gasteiger partial charge on any atom is -0.468 e. The first-order valence-corrected chi connectivity index (χ1v) is 7.71. The average molecular weight is 268 g/mol. The largest absolute Gasteiger partial charge is 0.468 e. The molecule has 0 saturated carbocycles. The van der Waals surface area contributed by atoms with Crippen LogP contribution in [-0.4, -0.2) is 60.6 Å². The normalized spacial score (nSPS) is 27.7.